The van der Waals surface area contributed by atoms with E-state index >= 15 is 0 Å². The molecule has 4 rings (SSSR count). The molecular weight excluding hydrogens is 460 g/mol. The second-order valence-electron chi connectivity index (χ2n) is 7.39. The Balaban J connectivity index is 1.28. The third-order valence-corrected chi connectivity index (χ3v) is 6.34. The first-order valence-electron chi connectivity index (χ1n) is 10.3. The fourth-order valence-electron chi connectivity index (χ4n) is 2.91. The number of aryl methyl sites for hydroxylation is 1. The molecule has 1 aromatic carbocycles. The average molecular weight is 485 g/mol. The summed E-state index contributed by atoms with van der Waals surface area (Å²) in [4.78, 5) is 28.1. The number of hydrogen-bond acceptors (Lipinski definition) is 11. The van der Waals surface area contributed by atoms with Gasteiger partial charge in [-0.15, -0.1) is 22.0 Å². The van der Waals surface area contributed by atoms with Gasteiger partial charge in [0.2, 0.25) is 5.95 Å². The normalized spacial score (nSPS) is 12.0. The van der Waals surface area contributed by atoms with Gasteiger partial charge >= 0.3 is 0 Å². The molecule has 0 spiro atoms. The molecule has 0 aliphatic carbocycles. The van der Waals surface area contributed by atoms with Crippen LogP contribution in [0.4, 0.5) is 11.1 Å². The molecule has 0 bridgehead atoms. The van der Waals surface area contributed by atoms with Gasteiger partial charge in [-0.3, -0.25) is 4.79 Å². The van der Waals surface area contributed by atoms with Crippen LogP contribution in [-0.4, -0.2) is 60.4 Å². The summed E-state index contributed by atoms with van der Waals surface area (Å²) >= 11 is 3.13. The first kappa shape index (κ1) is 22.9. The lowest BCUT2D eigenvalue weighted by atomic mass is 10.2. The highest BCUT2D eigenvalue weighted by Gasteiger charge is 2.12. The monoisotopic (exact) mass is 484 g/mol. The Morgan fingerprint density at radius 2 is 2.00 bits per heavy atom. The molecule has 3 N–H and O–H groups in total. The van der Waals surface area contributed by atoms with Gasteiger partial charge in [-0.1, -0.05) is 18.3 Å². The lowest BCUT2D eigenvalue weighted by Gasteiger charge is -2.13. The molecule has 3 aromatic heterocycles. The van der Waals surface area contributed by atoms with Crippen molar-refractivity contribution in [1.82, 2.24) is 40.5 Å². The van der Waals surface area contributed by atoms with E-state index in [0.717, 1.165) is 33.3 Å². The summed E-state index contributed by atoms with van der Waals surface area (Å²) in [6.07, 6.45) is 5.62. The van der Waals surface area contributed by atoms with Crippen molar-refractivity contribution in [2.75, 3.05) is 30.0 Å². The minimum absolute atomic E-state index is 0.195. The summed E-state index contributed by atoms with van der Waals surface area (Å²) in [6, 6.07) is 5.46. The smallest absolute Gasteiger partial charge is 0.251 e. The molecular formula is C20H24N10OS2. The van der Waals surface area contributed by atoms with E-state index in [0.29, 0.717) is 23.3 Å². The Kier molecular flexibility index (Phi) is 7.29. The first-order chi connectivity index (χ1) is 16.0. The summed E-state index contributed by atoms with van der Waals surface area (Å²) in [5, 5.41) is 21.9. The van der Waals surface area contributed by atoms with Crippen molar-refractivity contribution in [1.29, 1.82) is 0 Å². The zero-order valence-corrected chi connectivity index (χ0v) is 20.1. The number of thioether (sulfide) groups is 1. The molecule has 172 valence electrons. The number of thiazole rings is 1. The van der Waals surface area contributed by atoms with Crippen molar-refractivity contribution < 1.29 is 4.79 Å². The SMILES string of the molecule is CSc1cnc(NC[C@H](C)CNc2nc3ccc(C(=O)NCc4nnn(C)n4)cc3s2)nc1. The molecule has 1 amide bonds. The van der Waals surface area contributed by atoms with Crippen molar-refractivity contribution in [2.24, 2.45) is 13.0 Å². The van der Waals surface area contributed by atoms with Crippen molar-refractivity contribution in [3.8, 4) is 0 Å². The minimum atomic E-state index is -0.195. The fraction of sp³-hybridized carbons (Fsp3) is 0.350. The van der Waals surface area contributed by atoms with Crippen LogP contribution in [0.3, 0.4) is 0 Å². The number of aromatic nitrogens is 7. The average Bonchev–Trinajstić information content (AvgIpc) is 3.44. The molecule has 33 heavy (non-hydrogen) atoms. The van der Waals surface area contributed by atoms with Gasteiger partial charge in [0.15, 0.2) is 11.0 Å². The number of carbonyl (C=O) groups excluding carboxylic acids is 1. The molecule has 13 heteroatoms. The molecule has 0 aliphatic rings. The predicted octanol–water partition coefficient (Wildman–Crippen LogP) is 2.42. The molecule has 0 saturated carbocycles. The molecule has 3 heterocycles. The van der Waals surface area contributed by atoms with Crippen molar-refractivity contribution in [3.05, 3.63) is 42.0 Å². The number of rotatable bonds is 10. The van der Waals surface area contributed by atoms with Gasteiger partial charge in [0.05, 0.1) is 23.8 Å². The maximum atomic E-state index is 12.5. The molecule has 1 atom stereocenters. The van der Waals surface area contributed by atoms with Crippen LogP contribution in [-0.2, 0) is 13.6 Å². The van der Waals surface area contributed by atoms with Crippen molar-refractivity contribution >= 4 is 50.3 Å². The second kappa shape index (κ2) is 10.5. The summed E-state index contributed by atoms with van der Waals surface area (Å²) in [5.41, 5.74) is 1.41. The molecule has 0 aliphatic heterocycles. The molecule has 0 fully saturated rings. The van der Waals surface area contributed by atoms with Gasteiger partial charge in [-0.25, -0.2) is 15.0 Å². The standard InChI is InChI=1S/C20H24N10OS2/c1-12(7-22-19-23-9-14(32-3)10-24-19)8-25-20-26-15-5-4-13(6-16(15)33-20)18(31)21-11-17-27-29-30(2)28-17/h4-6,9-10,12H,7-8,11H2,1-3H3,(H,21,31)(H,25,26)(H,22,23,24)/t12-/m0/s1. The maximum absolute atomic E-state index is 12.5. The second-order valence-corrected chi connectivity index (χ2v) is 9.30. The molecule has 0 radical (unpaired) electrons. The summed E-state index contributed by atoms with van der Waals surface area (Å²) in [5.74, 6) is 1.22. The molecule has 0 saturated heterocycles. The molecule has 4 aromatic rings. The zero-order chi connectivity index (χ0) is 23.2. The number of nitrogens with zero attached hydrogens (tertiary/aromatic N) is 7. The van der Waals surface area contributed by atoms with Gasteiger partial charge in [0.25, 0.3) is 5.91 Å². The Hall–Kier alpha value is -3.32. The van der Waals surface area contributed by atoms with Crippen LogP contribution in [0.5, 0.6) is 0 Å². The minimum Gasteiger partial charge on any atom is -0.361 e. The van der Waals surface area contributed by atoms with E-state index in [2.05, 4.69) is 53.2 Å². The number of benzene rings is 1. The molecule has 0 unspecified atom stereocenters. The highest BCUT2D eigenvalue weighted by Crippen LogP contribution is 2.27. The Morgan fingerprint density at radius 3 is 2.73 bits per heavy atom. The fourth-order valence-corrected chi connectivity index (χ4v) is 4.14. The molecule has 11 nitrogen and oxygen atoms in total. The van der Waals surface area contributed by atoms with Gasteiger partial charge in [-0.2, -0.15) is 4.80 Å². The zero-order valence-electron chi connectivity index (χ0n) is 18.4. The maximum Gasteiger partial charge on any atom is 0.251 e. The van der Waals surface area contributed by atoms with Crippen LogP contribution in [0.25, 0.3) is 10.2 Å². The number of amides is 1. The van der Waals surface area contributed by atoms with Gasteiger partial charge in [0, 0.05) is 35.9 Å². The summed E-state index contributed by atoms with van der Waals surface area (Å²) in [7, 11) is 1.68. The number of carbonyl (C=O) groups is 1. The van der Waals surface area contributed by atoms with Crippen LogP contribution in [0, 0.1) is 5.92 Å². The number of anilines is 2. The van der Waals surface area contributed by atoms with E-state index in [-0.39, 0.29) is 12.5 Å². The van der Waals surface area contributed by atoms with Crippen LogP contribution >= 0.6 is 23.1 Å². The van der Waals surface area contributed by atoms with E-state index in [9.17, 15) is 4.79 Å². The van der Waals surface area contributed by atoms with Crippen molar-refractivity contribution in [2.45, 2.75) is 18.4 Å². The van der Waals surface area contributed by atoms with E-state index < -0.39 is 0 Å². The third kappa shape index (κ3) is 6.14. The Labute approximate surface area is 198 Å². The van der Waals surface area contributed by atoms with E-state index in [1.807, 2.05) is 30.8 Å². The van der Waals surface area contributed by atoms with Crippen LogP contribution in [0.15, 0.2) is 35.5 Å². The topological polar surface area (TPSA) is 135 Å². The largest absolute Gasteiger partial charge is 0.361 e. The lowest BCUT2D eigenvalue weighted by Crippen LogP contribution is -2.23. The number of tetrazole rings is 1. The number of hydrogen-bond donors (Lipinski definition) is 3. The highest BCUT2D eigenvalue weighted by molar-refractivity contribution is 7.98. The van der Waals surface area contributed by atoms with E-state index in [4.69, 9.17) is 0 Å². The van der Waals surface area contributed by atoms with Crippen molar-refractivity contribution in [3.63, 3.8) is 0 Å². The summed E-state index contributed by atoms with van der Waals surface area (Å²) < 4.78 is 0.941. The van der Waals surface area contributed by atoms with Crippen LogP contribution < -0.4 is 16.0 Å². The number of nitrogens with one attached hydrogen (secondary N) is 3. The van der Waals surface area contributed by atoms with Crippen LogP contribution in [0.1, 0.15) is 23.1 Å². The van der Waals surface area contributed by atoms with E-state index in [1.165, 1.54) is 16.1 Å². The predicted molar refractivity (Wildman–Crippen MR) is 130 cm³/mol. The quantitative estimate of drug-likeness (QED) is 0.288. The van der Waals surface area contributed by atoms with Gasteiger partial charge in [-0.05, 0) is 35.6 Å². The number of fused-ring (bicyclic) bond motifs is 1. The van der Waals surface area contributed by atoms with Gasteiger partial charge in [0.1, 0.15) is 0 Å². The Morgan fingerprint density at radius 1 is 1.21 bits per heavy atom. The Bertz CT molecular complexity index is 1220. The lowest BCUT2D eigenvalue weighted by molar-refractivity contribution is 0.0950. The third-order valence-electron chi connectivity index (χ3n) is 4.68. The highest BCUT2D eigenvalue weighted by atomic mass is 32.2. The van der Waals surface area contributed by atoms with Crippen LogP contribution in [0.2, 0.25) is 0 Å². The van der Waals surface area contributed by atoms with E-state index in [1.54, 1.807) is 24.9 Å². The van der Waals surface area contributed by atoms with Gasteiger partial charge < -0.3 is 16.0 Å². The first-order valence-corrected chi connectivity index (χ1v) is 12.3. The summed E-state index contributed by atoms with van der Waals surface area (Å²) in [6.45, 7) is 3.84.